The molecule has 0 radical (unpaired) electrons. The molecule has 2 heterocycles. The van der Waals surface area contributed by atoms with Gasteiger partial charge in [-0.2, -0.15) is 4.31 Å². The summed E-state index contributed by atoms with van der Waals surface area (Å²) < 4.78 is 40.1. The molecule has 3 rings (SSSR count). The molecule has 0 aliphatic carbocycles. The van der Waals surface area contributed by atoms with Crippen molar-refractivity contribution in [2.75, 3.05) is 13.1 Å². The van der Waals surface area contributed by atoms with Crippen LogP contribution in [0.4, 0.5) is 4.39 Å². The van der Waals surface area contributed by atoms with Gasteiger partial charge in [-0.3, -0.25) is 0 Å². The van der Waals surface area contributed by atoms with E-state index in [1.54, 1.807) is 11.2 Å². The van der Waals surface area contributed by atoms with Crippen molar-refractivity contribution in [1.82, 2.24) is 9.62 Å². The van der Waals surface area contributed by atoms with Gasteiger partial charge in [0, 0.05) is 25.2 Å². The van der Waals surface area contributed by atoms with Gasteiger partial charge in [-0.05, 0) is 49.9 Å². The minimum Gasteiger partial charge on any atom is -0.310 e. The maximum atomic E-state index is 13.1. The molecule has 0 saturated carbocycles. The van der Waals surface area contributed by atoms with E-state index in [1.807, 2.05) is 0 Å². The zero-order valence-electron chi connectivity index (χ0n) is 11.9. The lowest BCUT2D eigenvalue weighted by molar-refractivity contribution is 0.383. The van der Waals surface area contributed by atoms with Gasteiger partial charge in [-0.25, -0.2) is 12.8 Å². The summed E-state index contributed by atoms with van der Waals surface area (Å²) in [5.74, 6) is -0.405. The smallest absolute Gasteiger partial charge is 0.243 e. The number of aryl methyl sites for hydroxylation is 1. The van der Waals surface area contributed by atoms with Crippen LogP contribution in [0.2, 0.25) is 0 Å². The van der Waals surface area contributed by atoms with Crippen LogP contribution in [0.25, 0.3) is 0 Å². The van der Waals surface area contributed by atoms with E-state index >= 15 is 0 Å². The second kappa shape index (κ2) is 6.20. The molecule has 0 spiro atoms. The number of nitrogens with one attached hydrogen (secondary N) is 1. The van der Waals surface area contributed by atoms with Gasteiger partial charge < -0.3 is 5.32 Å². The van der Waals surface area contributed by atoms with E-state index in [4.69, 9.17) is 0 Å². The van der Waals surface area contributed by atoms with Crippen LogP contribution in [0.5, 0.6) is 0 Å². The van der Waals surface area contributed by atoms with E-state index in [1.165, 1.54) is 18.2 Å². The Bertz CT molecular complexity index is 623. The molecule has 0 amide bonds. The van der Waals surface area contributed by atoms with Crippen molar-refractivity contribution < 1.29 is 12.8 Å². The van der Waals surface area contributed by atoms with Gasteiger partial charge in [0.1, 0.15) is 5.82 Å². The summed E-state index contributed by atoms with van der Waals surface area (Å²) in [7, 11) is -3.53. The third-order valence-electron chi connectivity index (χ3n) is 4.24. The standard InChI is InChI=1S/C14H19FN2O2S.ClH/c1-10-8-11(15)2-5-14(10)20(18,19)17-7-6-12-3-4-13(9-17)16-12;/h2,5,8,12-13,16H,3-4,6-7,9H2,1H3;1H. The molecule has 2 saturated heterocycles. The van der Waals surface area contributed by atoms with Crippen LogP contribution in [0.15, 0.2) is 23.1 Å². The number of sulfonamides is 1. The Labute approximate surface area is 131 Å². The first-order valence-electron chi connectivity index (χ1n) is 6.99. The van der Waals surface area contributed by atoms with Crippen molar-refractivity contribution in [3.63, 3.8) is 0 Å². The molecule has 0 aromatic heterocycles. The minimum atomic E-state index is -3.53. The van der Waals surface area contributed by atoms with Crippen LogP contribution in [-0.4, -0.2) is 37.9 Å². The van der Waals surface area contributed by atoms with Gasteiger partial charge in [-0.15, -0.1) is 12.4 Å². The topological polar surface area (TPSA) is 49.4 Å². The van der Waals surface area contributed by atoms with Crippen molar-refractivity contribution in [3.8, 4) is 0 Å². The van der Waals surface area contributed by atoms with Crippen molar-refractivity contribution in [1.29, 1.82) is 0 Å². The molecule has 2 aliphatic heterocycles. The van der Waals surface area contributed by atoms with E-state index in [9.17, 15) is 12.8 Å². The second-order valence-electron chi connectivity index (χ2n) is 5.70. The highest BCUT2D eigenvalue weighted by molar-refractivity contribution is 7.89. The number of hydrogen-bond donors (Lipinski definition) is 1. The number of rotatable bonds is 2. The van der Waals surface area contributed by atoms with Crippen molar-refractivity contribution in [2.45, 2.75) is 43.2 Å². The summed E-state index contributed by atoms with van der Waals surface area (Å²) in [6.45, 7) is 2.68. The predicted octanol–water partition coefficient (Wildman–Crippen LogP) is 2.07. The number of benzene rings is 1. The quantitative estimate of drug-likeness (QED) is 0.900. The summed E-state index contributed by atoms with van der Waals surface area (Å²) in [6, 6.07) is 4.54. The number of hydrogen-bond acceptors (Lipinski definition) is 3. The molecule has 2 fully saturated rings. The zero-order valence-corrected chi connectivity index (χ0v) is 13.5. The van der Waals surface area contributed by atoms with Crippen LogP contribution in [0.1, 0.15) is 24.8 Å². The van der Waals surface area contributed by atoms with Gasteiger partial charge in [0.15, 0.2) is 0 Å². The van der Waals surface area contributed by atoms with Gasteiger partial charge in [0.25, 0.3) is 0 Å². The highest BCUT2D eigenvalue weighted by Crippen LogP contribution is 2.26. The lowest BCUT2D eigenvalue weighted by Crippen LogP contribution is -2.39. The van der Waals surface area contributed by atoms with Crippen LogP contribution in [0, 0.1) is 12.7 Å². The highest BCUT2D eigenvalue weighted by Gasteiger charge is 2.35. The Morgan fingerprint density at radius 3 is 2.67 bits per heavy atom. The molecule has 1 N–H and O–H groups in total. The molecule has 2 unspecified atom stereocenters. The third kappa shape index (κ3) is 3.23. The monoisotopic (exact) mass is 334 g/mol. The molecule has 2 aliphatic rings. The average molecular weight is 335 g/mol. The Balaban J connectivity index is 0.00000161. The average Bonchev–Trinajstić information content (AvgIpc) is 2.67. The highest BCUT2D eigenvalue weighted by atomic mass is 35.5. The maximum absolute atomic E-state index is 13.1. The van der Waals surface area contributed by atoms with Gasteiger partial charge >= 0.3 is 0 Å². The van der Waals surface area contributed by atoms with Crippen molar-refractivity contribution in [3.05, 3.63) is 29.6 Å². The van der Waals surface area contributed by atoms with Crippen LogP contribution in [0.3, 0.4) is 0 Å². The molecule has 2 atom stereocenters. The summed E-state index contributed by atoms with van der Waals surface area (Å²) in [4.78, 5) is 0.219. The Morgan fingerprint density at radius 1 is 1.24 bits per heavy atom. The van der Waals surface area contributed by atoms with E-state index in [0.29, 0.717) is 24.7 Å². The second-order valence-corrected chi connectivity index (χ2v) is 7.61. The number of halogens is 2. The van der Waals surface area contributed by atoms with Crippen molar-refractivity contribution >= 4 is 22.4 Å². The van der Waals surface area contributed by atoms with E-state index in [0.717, 1.165) is 19.3 Å². The SMILES string of the molecule is Cc1cc(F)ccc1S(=O)(=O)N1CCC2CCC(C1)N2.Cl. The fourth-order valence-corrected chi connectivity index (χ4v) is 4.88. The lowest BCUT2D eigenvalue weighted by Gasteiger charge is -2.24. The van der Waals surface area contributed by atoms with Crippen molar-refractivity contribution in [2.24, 2.45) is 0 Å². The molecule has 118 valence electrons. The van der Waals surface area contributed by atoms with Gasteiger partial charge in [0.05, 0.1) is 4.90 Å². The van der Waals surface area contributed by atoms with E-state index < -0.39 is 15.8 Å². The van der Waals surface area contributed by atoms with Crippen LogP contribution >= 0.6 is 12.4 Å². The van der Waals surface area contributed by atoms with E-state index in [-0.39, 0.29) is 23.3 Å². The molecule has 1 aromatic carbocycles. The first kappa shape index (κ1) is 16.7. The summed E-state index contributed by atoms with van der Waals surface area (Å²) >= 11 is 0. The maximum Gasteiger partial charge on any atom is 0.243 e. The fraction of sp³-hybridized carbons (Fsp3) is 0.571. The Morgan fingerprint density at radius 2 is 1.95 bits per heavy atom. The summed E-state index contributed by atoms with van der Waals surface area (Å²) in [5, 5.41) is 3.46. The fourth-order valence-electron chi connectivity index (χ4n) is 3.17. The molecule has 21 heavy (non-hydrogen) atoms. The zero-order chi connectivity index (χ0) is 14.3. The van der Waals surface area contributed by atoms with Crippen LogP contribution in [-0.2, 0) is 10.0 Å². The Kier molecular flexibility index (Phi) is 4.92. The molecule has 7 heteroatoms. The van der Waals surface area contributed by atoms with Gasteiger partial charge in [0.2, 0.25) is 10.0 Å². The summed E-state index contributed by atoms with van der Waals surface area (Å²) in [6.07, 6.45) is 3.00. The molecular weight excluding hydrogens is 315 g/mol. The summed E-state index contributed by atoms with van der Waals surface area (Å²) in [5.41, 5.74) is 0.465. The van der Waals surface area contributed by atoms with Gasteiger partial charge in [-0.1, -0.05) is 0 Å². The Hall–Kier alpha value is -0.690. The molecule has 2 bridgehead atoms. The molecular formula is C14H20ClFN2O2S. The minimum absolute atomic E-state index is 0. The third-order valence-corrected chi connectivity index (χ3v) is 6.27. The normalized spacial score (nSPS) is 26.2. The lowest BCUT2D eigenvalue weighted by atomic mass is 10.1. The predicted molar refractivity (Wildman–Crippen MR) is 81.7 cm³/mol. The van der Waals surface area contributed by atoms with E-state index in [2.05, 4.69) is 5.32 Å². The molecule has 4 nitrogen and oxygen atoms in total. The molecule has 1 aromatic rings. The number of nitrogens with zero attached hydrogens (tertiary/aromatic N) is 1. The largest absolute Gasteiger partial charge is 0.310 e. The first-order chi connectivity index (χ1) is 9.46. The van der Waals surface area contributed by atoms with Crippen LogP contribution < -0.4 is 5.32 Å². The first-order valence-corrected chi connectivity index (χ1v) is 8.43. The number of fused-ring (bicyclic) bond motifs is 2.